The fourth-order valence-corrected chi connectivity index (χ4v) is 5.92. The number of carbonyl (C=O) groups is 2. The van der Waals surface area contributed by atoms with Crippen molar-refractivity contribution >= 4 is 66.8 Å². The topological polar surface area (TPSA) is 113 Å². The Kier molecular flexibility index (Phi) is 7.29. The van der Waals surface area contributed by atoms with E-state index in [4.69, 9.17) is 11.6 Å². The molecule has 12 heteroatoms. The number of benzene rings is 1. The van der Waals surface area contributed by atoms with Crippen LogP contribution in [-0.2, 0) is 14.8 Å². The van der Waals surface area contributed by atoms with E-state index >= 15 is 0 Å². The van der Waals surface area contributed by atoms with Crippen LogP contribution in [0.15, 0.2) is 54.3 Å². The highest BCUT2D eigenvalue weighted by atomic mass is 35.5. The molecule has 0 aliphatic carbocycles. The number of anilines is 2. The number of fused-ring (bicyclic) bond motifs is 1. The van der Waals surface area contributed by atoms with E-state index in [9.17, 15) is 18.0 Å². The number of hydrogen-bond acceptors (Lipinski definition) is 6. The summed E-state index contributed by atoms with van der Waals surface area (Å²) in [6.07, 6.45) is 3.82. The van der Waals surface area contributed by atoms with E-state index < -0.39 is 15.9 Å². The van der Waals surface area contributed by atoms with Crippen molar-refractivity contribution in [3.05, 3.63) is 64.9 Å². The zero-order valence-corrected chi connectivity index (χ0v) is 21.1. The first-order valence-corrected chi connectivity index (χ1v) is 13.7. The number of nitrogens with one attached hydrogen (secondary N) is 2. The largest absolute Gasteiger partial charge is 0.337 e. The van der Waals surface area contributed by atoms with Crippen LogP contribution < -0.4 is 10.0 Å². The third kappa shape index (κ3) is 5.42. The predicted octanol–water partition coefficient (Wildman–Crippen LogP) is 4.63. The molecule has 2 N–H and O–H groups in total. The quantitative estimate of drug-likeness (QED) is 0.430. The molecule has 2 aromatic heterocycles. The molecule has 9 nitrogen and oxygen atoms in total. The zero-order chi connectivity index (χ0) is 25.2. The molecule has 35 heavy (non-hydrogen) atoms. The summed E-state index contributed by atoms with van der Waals surface area (Å²) in [6, 6.07) is 6.62. The van der Waals surface area contributed by atoms with Crippen molar-refractivity contribution in [1.29, 1.82) is 0 Å². The van der Waals surface area contributed by atoms with E-state index in [0.717, 1.165) is 36.0 Å². The van der Waals surface area contributed by atoms with Gasteiger partial charge in [-0.15, -0.1) is 11.3 Å². The molecule has 1 aliphatic rings. The van der Waals surface area contributed by atoms with Crippen molar-refractivity contribution in [2.75, 3.05) is 23.1 Å². The third-order valence-corrected chi connectivity index (χ3v) is 7.93. The first-order valence-electron chi connectivity index (χ1n) is 10.9. The molecule has 3 heterocycles. The summed E-state index contributed by atoms with van der Waals surface area (Å²) in [7, 11) is -3.68. The Balaban J connectivity index is 1.69. The average Bonchev–Trinajstić information content (AvgIpc) is 3.35. The van der Waals surface area contributed by atoms with Crippen LogP contribution in [0, 0.1) is 0 Å². The molecule has 2 amide bonds. The lowest BCUT2D eigenvalue weighted by atomic mass is 10.1. The Bertz CT molecular complexity index is 1410. The number of nitrogens with zero attached hydrogens (tertiary/aromatic N) is 3. The van der Waals surface area contributed by atoms with E-state index in [1.165, 1.54) is 12.1 Å². The van der Waals surface area contributed by atoms with Crippen LogP contribution in [0.2, 0.25) is 5.02 Å². The molecule has 184 valence electrons. The number of imidazole rings is 1. The van der Waals surface area contributed by atoms with Gasteiger partial charge in [-0.3, -0.25) is 19.6 Å². The second-order valence-electron chi connectivity index (χ2n) is 8.02. The Morgan fingerprint density at radius 2 is 2.06 bits per heavy atom. The molecule has 0 radical (unpaired) electrons. The van der Waals surface area contributed by atoms with Gasteiger partial charge in [0.1, 0.15) is 5.00 Å². The lowest BCUT2D eigenvalue weighted by molar-refractivity contribution is -0.126. The minimum Gasteiger partial charge on any atom is -0.337 e. The van der Waals surface area contributed by atoms with E-state index in [2.05, 4.69) is 28.2 Å². The Morgan fingerprint density at radius 3 is 2.80 bits per heavy atom. The number of halogens is 1. The van der Waals surface area contributed by atoms with Crippen molar-refractivity contribution < 1.29 is 18.0 Å². The van der Waals surface area contributed by atoms with Crippen molar-refractivity contribution in [3.63, 3.8) is 0 Å². The molecule has 1 aromatic carbocycles. The van der Waals surface area contributed by atoms with E-state index in [1.807, 2.05) is 10.6 Å². The Hall–Kier alpha value is -3.15. The molecule has 0 unspecified atom stereocenters. The van der Waals surface area contributed by atoms with E-state index in [1.54, 1.807) is 22.4 Å². The summed E-state index contributed by atoms with van der Waals surface area (Å²) in [4.78, 5) is 31.8. The molecule has 4 rings (SSSR count). The minimum atomic E-state index is -3.68. The first kappa shape index (κ1) is 25.0. The molecule has 0 bridgehead atoms. The summed E-state index contributed by atoms with van der Waals surface area (Å²) in [5, 5.41) is 5.96. The van der Waals surface area contributed by atoms with Crippen LogP contribution in [0.5, 0.6) is 0 Å². The molecule has 1 fully saturated rings. The normalized spacial score (nSPS) is 16.5. The van der Waals surface area contributed by atoms with Crippen molar-refractivity contribution in [2.24, 2.45) is 0 Å². The summed E-state index contributed by atoms with van der Waals surface area (Å²) >= 11 is 7.63. The van der Waals surface area contributed by atoms with Crippen LogP contribution in [-0.4, -0.2) is 47.8 Å². The maximum absolute atomic E-state index is 13.1. The first-order chi connectivity index (χ1) is 16.7. The number of para-hydroxylation sites is 1. The van der Waals surface area contributed by atoms with Gasteiger partial charge in [0.15, 0.2) is 0 Å². The number of amides is 2. The van der Waals surface area contributed by atoms with Gasteiger partial charge in [0.25, 0.3) is 15.9 Å². The van der Waals surface area contributed by atoms with Crippen molar-refractivity contribution in [1.82, 2.24) is 14.5 Å². The SMILES string of the molecule is C=CC(=O)N1CCCC[C@@H](n2c(NC(=O)c3csc(NS(=O)(=O)C=C)c3)nc3cccc(Cl)c32)C1. The predicted molar refractivity (Wildman–Crippen MR) is 139 cm³/mol. The summed E-state index contributed by atoms with van der Waals surface area (Å²) in [5.41, 5.74) is 1.56. The minimum absolute atomic E-state index is 0.147. The van der Waals surface area contributed by atoms with Crippen LogP contribution >= 0.6 is 22.9 Å². The number of sulfonamides is 1. The number of carbonyl (C=O) groups excluding carboxylic acids is 2. The van der Waals surface area contributed by atoms with Gasteiger partial charge < -0.3 is 9.47 Å². The molecule has 1 saturated heterocycles. The van der Waals surface area contributed by atoms with Crippen LogP contribution in [0.3, 0.4) is 0 Å². The molecule has 0 saturated carbocycles. The Labute approximate surface area is 212 Å². The molecule has 1 aliphatic heterocycles. The molecule has 3 aromatic rings. The van der Waals surface area contributed by atoms with Gasteiger partial charge in [-0.25, -0.2) is 13.4 Å². The van der Waals surface area contributed by atoms with Gasteiger partial charge >= 0.3 is 0 Å². The summed E-state index contributed by atoms with van der Waals surface area (Å²) < 4.78 is 27.7. The third-order valence-electron chi connectivity index (χ3n) is 5.71. The average molecular weight is 534 g/mol. The highest BCUT2D eigenvalue weighted by Crippen LogP contribution is 2.34. The fraction of sp³-hybridized carbons (Fsp3) is 0.261. The number of thiophene rings is 1. The lowest BCUT2D eigenvalue weighted by Gasteiger charge is -2.26. The van der Waals surface area contributed by atoms with Gasteiger partial charge in [-0.2, -0.15) is 0 Å². The standard InChI is InChI=1S/C23H24ClN5O4S2/c1-3-20(30)28-11-6-5-8-16(13-28)29-21-17(24)9-7-10-18(21)25-23(29)26-22(31)15-12-19(34-14-15)27-35(32,33)4-2/h3-4,7,9-10,12,14,16,27H,1-2,5-6,8,11,13H2,(H,25,26,31)/t16-/m1/s1. The summed E-state index contributed by atoms with van der Waals surface area (Å²) in [5.74, 6) is -0.299. The second kappa shape index (κ2) is 10.2. The maximum atomic E-state index is 13.1. The smallest absolute Gasteiger partial charge is 0.258 e. The number of likely N-dealkylation sites (tertiary alicyclic amines) is 1. The molecule has 1 atom stereocenters. The van der Waals surface area contributed by atoms with Crippen LogP contribution in [0.4, 0.5) is 10.9 Å². The molecular formula is C23H24ClN5O4S2. The van der Waals surface area contributed by atoms with E-state index in [-0.39, 0.29) is 22.5 Å². The van der Waals surface area contributed by atoms with Gasteiger partial charge in [0.05, 0.1) is 27.7 Å². The highest BCUT2D eigenvalue weighted by Gasteiger charge is 2.27. The lowest BCUT2D eigenvalue weighted by Crippen LogP contribution is -2.34. The van der Waals surface area contributed by atoms with Crippen molar-refractivity contribution in [2.45, 2.75) is 25.3 Å². The number of rotatable bonds is 7. The summed E-state index contributed by atoms with van der Waals surface area (Å²) in [6.45, 7) is 7.92. The monoisotopic (exact) mass is 533 g/mol. The van der Waals surface area contributed by atoms with Crippen molar-refractivity contribution in [3.8, 4) is 0 Å². The van der Waals surface area contributed by atoms with Crippen LogP contribution in [0.1, 0.15) is 35.7 Å². The molecule has 0 spiro atoms. The second-order valence-corrected chi connectivity index (χ2v) is 11.0. The van der Waals surface area contributed by atoms with Gasteiger partial charge in [0.2, 0.25) is 11.9 Å². The van der Waals surface area contributed by atoms with E-state index in [0.29, 0.717) is 35.1 Å². The van der Waals surface area contributed by atoms with Gasteiger partial charge in [-0.05, 0) is 43.5 Å². The van der Waals surface area contributed by atoms with Crippen LogP contribution in [0.25, 0.3) is 11.0 Å². The zero-order valence-electron chi connectivity index (χ0n) is 18.7. The maximum Gasteiger partial charge on any atom is 0.258 e. The highest BCUT2D eigenvalue weighted by molar-refractivity contribution is 7.95. The Morgan fingerprint density at radius 1 is 1.26 bits per heavy atom. The number of aromatic nitrogens is 2. The van der Waals surface area contributed by atoms with Gasteiger partial charge in [-0.1, -0.05) is 30.8 Å². The fourth-order valence-electron chi connectivity index (χ4n) is 4.07. The van der Waals surface area contributed by atoms with Gasteiger partial charge in [0, 0.05) is 23.9 Å². The molecular weight excluding hydrogens is 510 g/mol. The number of hydrogen-bond donors (Lipinski definition) is 2.